The molecule has 0 unspecified atom stereocenters. The largest absolute Gasteiger partial charge is 0.481 e. The Kier molecular flexibility index (Phi) is 4.62. The van der Waals surface area contributed by atoms with Gasteiger partial charge in [0.1, 0.15) is 0 Å². The highest BCUT2D eigenvalue weighted by molar-refractivity contribution is 7.07. The summed E-state index contributed by atoms with van der Waals surface area (Å²) >= 11 is 1.55. The highest BCUT2D eigenvalue weighted by Gasteiger charge is 2.41. The fourth-order valence-electron chi connectivity index (χ4n) is 3.64. The molecule has 5 heterocycles. The summed E-state index contributed by atoms with van der Waals surface area (Å²) in [7, 11) is 3.13. The Morgan fingerprint density at radius 1 is 1.19 bits per heavy atom. The summed E-state index contributed by atoms with van der Waals surface area (Å²) < 4.78 is 10.5. The molecule has 2 atom stereocenters. The molecule has 0 radical (unpaired) electrons. The summed E-state index contributed by atoms with van der Waals surface area (Å²) in [6, 6.07) is 1.78. The van der Waals surface area contributed by atoms with Crippen molar-refractivity contribution in [2.45, 2.75) is 25.4 Å². The van der Waals surface area contributed by atoms with Crippen LogP contribution in [0.25, 0.3) is 0 Å². The van der Waals surface area contributed by atoms with Crippen LogP contribution in [-0.4, -0.2) is 59.1 Å². The number of anilines is 1. The van der Waals surface area contributed by atoms with E-state index in [0.717, 1.165) is 18.5 Å². The summed E-state index contributed by atoms with van der Waals surface area (Å²) in [4.78, 5) is 30.2. The maximum absolute atomic E-state index is 12.9. The average Bonchev–Trinajstić information content (AvgIpc) is 3.03. The molecule has 0 aromatic carbocycles. The lowest BCUT2D eigenvalue weighted by Gasteiger charge is -2.35. The van der Waals surface area contributed by atoms with E-state index in [-0.39, 0.29) is 17.9 Å². The van der Waals surface area contributed by atoms with Crippen LogP contribution in [-0.2, 0) is 11.3 Å². The van der Waals surface area contributed by atoms with Crippen LogP contribution in [0, 0.1) is 5.92 Å². The van der Waals surface area contributed by atoms with E-state index in [1.54, 1.807) is 37.1 Å². The third kappa shape index (κ3) is 3.18. The topological polar surface area (TPSA) is 80.7 Å². The molecule has 26 heavy (non-hydrogen) atoms. The summed E-state index contributed by atoms with van der Waals surface area (Å²) in [5.74, 6) is 1.60. The summed E-state index contributed by atoms with van der Waals surface area (Å²) in [5, 5.41) is 2.00. The predicted molar refractivity (Wildman–Crippen MR) is 96.5 cm³/mol. The Bertz CT molecular complexity index is 762. The maximum Gasteiger partial charge on any atom is 0.232 e. The van der Waals surface area contributed by atoms with Crippen molar-refractivity contribution in [3.05, 3.63) is 22.7 Å². The van der Waals surface area contributed by atoms with E-state index in [1.165, 1.54) is 0 Å². The first kappa shape index (κ1) is 17.0. The predicted octanol–water partition coefficient (Wildman–Crippen LogP) is 1.58. The van der Waals surface area contributed by atoms with Crippen molar-refractivity contribution in [2.24, 2.45) is 5.92 Å². The zero-order valence-electron chi connectivity index (χ0n) is 14.8. The standard InChI is InChI=1S/C17H21N5O3S/c1-24-14-5-15(25-2)20-17(19-14)21-6-11-3-4-13(8-21)22(16(11)23)7-12-9-26-10-18-12/h5,9-11,13H,3-4,6-8H2,1-2H3/t11-,13+/m0/s1. The number of ether oxygens (including phenoxy) is 2. The van der Waals surface area contributed by atoms with Crippen LogP contribution in [0.15, 0.2) is 17.0 Å². The number of piperidine rings is 1. The van der Waals surface area contributed by atoms with Crippen molar-refractivity contribution in [1.82, 2.24) is 19.9 Å². The molecule has 3 aliphatic heterocycles. The number of nitrogens with zero attached hydrogens (tertiary/aromatic N) is 5. The molecule has 9 heteroatoms. The van der Waals surface area contributed by atoms with Gasteiger partial charge in [-0.1, -0.05) is 0 Å². The minimum atomic E-state index is -0.0480. The number of rotatable bonds is 5. The Balaban J connectivity index is 1.60. The number of carbonyl (C=O) groups is 1. The molecule has 0 N–H and O–H groups in total. The van der Waals surface area contributed by atoms with Gasteiger partial charge in [-0.3, -0.25) is 4.79 Å². The van der Waals surface area contributed by atoms with Gasteiger partial charge in [0.2, 0.25) is 23.6 Å². The molecule has 2 aromatic rings. The second kappa shape index (κ2) is 7.06. The van der Waals surface area contributed by atoms with Crippen LogP contribution >= 0.6 is 11.3 Å². The van der Waals surface area contributed by atoms with Crippen molar-refractivity contribution in [1.29, 1.82) is 0 Å². The monoisotopic (exact) mass is 375 g/mol. The average molecular weight is 375 g/mol. The molecule has 5 rings (SSSR count). The van der Waals surface area contributed by atoms with E-state index in [2.05, 4.69) is 19.9 Å². The number of amides is 1. The first-order chi connectivity index (χ1) is 12.7. The molecular formula is C17H21N5O3S. The minimum Gasteiger partial charge on any atom is -0.481 e. The Morgan fingerprint density at radius 2 is 1.96 bits per heavy atom. The second-order valence-corrected chi connectivity index (χ2v) is 7.25. The summed E-state index contributed by atoms with van der Waals surface area (Å²) in [6.07, 6.45) is 1.88. The van der Waals surface area contributed by atoms with Gasteiger partial charge in [-0.25, -0.2) is 4.98 Å². The van der Waals surface area contributed by atoms with Gasteiger partial charge >= 0.3 is 0 Å². The van der Waals surface area contributed by atoms with Gasteiger partial charge in [0.25, 0.3) is 0 Å². The smallest absolute Gasteiger partial charge is 0.232 e. The lowest BCUT2D eigenvalue weighted by molar-refractivity contribution is -0.140. The fraction of sp³-hybridized carbons (Fsp3) is 0.529. The van der Waals surface area contributed by atoms with E-state index in [1.807, 2.05) is 10.3 Å². The van der Waals surface area contributed by atoms with Gasteiger partial charge in [-0.05, 0) is 12.8 Å². The number of carbonyl (C=O) groups excluding carboxylic acids is 1. The van der Waals surface area contributed by atoms with Gasteiger partial charge < -0.3 is 19.3 Å². The van der Waals surface area contributed by atoms with Gasteiger partial charge in [-0.15, -0.1) is 11.3 Å². The number of fused-ring (bicyclic) bond motifs is 4. The zero-order chi connectivity index (χ0) is 18.1. The maximum atomic E-state index is 12.9. The molecule has 8 nitrogen and oxygen atoms in total. The van der Waals surface area contributed by atoms with Crippen LogP contribution in [0.2, 0.25) is 0 Å². The summed E-state index contributed by atoms with van der Waals surface area (Å²) in [6.45, 7) is 1.88. The quantitative estimate of drug-likeness (QED) is 0.785. The van der Waals surface area contributed by atoms with Crippen molar-refractivity contribution in [3.8, 4) is 11.8 Å². The minimum absolute atomic E-state index is 0.0480. The SMILES string of the molecule is COc1cc(OC)nc(N2C[C@@H]3CC[C@H](C2)N(Cc2cscn2)C3=O)n1. The molecule has 2 aromatic heterocycles. The molecule has 0 aliphatic carbocycles. The van der Waals surface area contributed by atoms with Crippen LogP contribution in [0.4, 0.5) is 5.95 Å². The molecule has 1 amide bonds. The third-order valence-corrected chi connectivity index (χ3v) is 5.61. The highest BCUT2D eigenvalue weighted by atomic mass is 32.1. The van der Waals surface area contributed by atoms with Gasteiger partial charge in [0.05, 0.1) is 44.0 Å². The molecule has 0 spiro atoms. The van der Waals surface area contributed by atoms with E-state index in [0.29, 0.717) is 37.3 Å². The van der Waals surface area contributed by atoms with Gasteiger partial charge in [0.15, 0.2) is 0 Å². The Morgan fingerprint density at radius 3 is 2.62 bits per heavy atom. The molecule has 2 bridgehead atoms. The molecular weight excluding hydrogens is 354 g/mol. The number of aromatic nitrogens is 3. The van der Waals surface area contributed by atoms with Crippen LogP contribution in [0.3, 0.4) is 0 Å². The van der Waals surface area contributed by atoms with Crippen molar-refractivity contribution >= 4 is 23.2 Å². The Hall–Kier alpha value is -2.42. The number of hydrogen-bond acceptors (Lipinski definition) is 8. The number of hydrogen-bond donors (Lipinski definition) is 0. The van der Waals surface area contributed by atoms with Crippen molar-refractivity contribution in [3.63, 3.8) is 0 Å². The lowest BCUT2D eigenvalue weighted by Crippen LogP contribution is -2.47. The van der Waals surface area contributed by atoms with E-state index >= 15 is 0 Å². The first-order valence-corrected chi connectivity index (χ1v) is 9.51. The number of thiazole rings is 1. The van der Waals surface area contributed by atoms with Gasteiger partial charge in [-0.2, -0.15) is 9.97 Å². The highest BCUT2D eigenvalue weighted by Crippen LogP contribution is 2.32. The van der Waals surface area contributed by atoms with E-state index in [9.17, 15) is 4.79 Å². The number of methoxy groups -OCH3 is 2. The van der Waals surface area contributed by atoms with E-state index < -0.39 is 0 Å². The molecule has 0 saturated carbocycles. The Labute approximate surface area is 155 Å². The van der Waals surface area contributed by atoms with Gasteiger partial charge in [0, 0.05) is 24.5 Å². The first-order valence-electron chi connectivity index (χ1n) is 8.57. The zero-order valence-corrected chi connectivity index (χ0v) is 15.6. The normalized spacial score (nSPS) is 22.5. The van der Waals surface area contributed by atoms with Crippen molar-refractivity contribution in [2.75, 3.05) is 32.2 Å². The lowest BCUT2D eigenvalue weighted by atomic mass is 9.94. The summed E-state index contributed by atoms with van der Waals surface area (Å²) in [5.41, 5.74) is 2.75. The van der Waals surface area contributed by atoms with Crippen LogP contribution in [0.5, 0.6) is 11.8 Å². The molecule has 3 fully saturated rings. The molecule has 3 aliphatic rings. The van der Waals surface area contributed by atoms with Crippen LogP contribution in [0.1, 0.15) is 18.5 Å². The van der Waals surface area contributed by atoms with Crippen LogP contribution < -0.4 is 14.4 Å². The molecule has 3 saturated heterocycles. The van der Waals surface area contributed by atoms with Crippen molar-refractivity contribution < 1.29 is 14.3 Å². The third-order valence-electron chi connectivity index (χ3n) is 4.98. The molecule has 138 valence electrons. The second-order valence-electron chi connectivity index (χ2n) is 6.53. The van der Waals surface area contributed by atoms with E-state index in [4.69, 9.17) is 9.47 Å². The fourth-order valence-corrected chi connectivity index (χ4v) is 4.19.